The molecule has 0 saturated heterocycles. The third-order valence-corrected chi connectivity index (χ3v) is 3.10. The summed E-state index contributed by atoms with van der Waals surface area (Å²) in [5.41, 5.74) is 0.216. The van der Waals surface area contributed by atoms with Crippen molar-refractivity contribution < 1.29 is 13.2 Å². The number of rotatable bonds is 3. The summed E-state index contributed by atoms with van der Waals surface area (Å²) in [5.74, 6) is -3.68. The summed E-state index contributed by atoms with van der Waals surface area (Å²) in [6, 6.07) is 1.27. The van der Waals surface area contributed by atoms with Crippen LogP contribution in [0.15, 0.2) is 16.9 Å². The molecule has 0 aliphatic rings. The van der Waals surface area contributed by atoms with Crippen LogP contribution in [0.5, 0.6) is 0 Å². The maximum Gasteiger partial charge on any atom is 0.256 e. The van der Waals surface area contributed by atoms with E-state index in [0.29, 0.717) is 17.1 Å². The first kappa shape index (κ1) is 15.1. The van der Waals surface area contributed by atoms with Crippen LogP contribution < -0.4 is 10.9 Å². The second-order valence-corrected chi connectivity index (χ2v) is 4.74. The molecule has 2 aromatic rings. The van der Waals surface area contributed by atoms with Gasteiger partial charge in [0.05, 0.1) is 23.0 Å². The third kappa shape index (κ3) is 2.91. The molecule has 1 atom stereocenters. The van der Waals surface area contributed by atoms with E-state index < -0.39 is 23.5 Å². The molecule has 0 radical (unpaired) electrons. The number of benzene rings is 1. The van der Waals surface area contributed by atoms with Gasteiger partial charge in [-0.2, -0.15) is 0 Å². The largest absolute Gasteiger partial charge is 0.376 e. The molecular formula is C14H14F3N3O. The van der Waals surface area contributed by atoms with E-state index in [4.69, 9.17) is 0 Å². The summed E-state index contributed by atoms with van der Waals surface area (Å²) >= 11 is 0. The van der Waals surface area contributed by atoms with E-state index in [1.54, 1.807) is 20.8 Å². The van der Waals surface area contributed by atoms with Gasteiger partial charge in [0.1, 0.15) is 5.82 Å². The number of halogens is 3. The fourth-order valence-corrected chi connectivity index (χ4v) is 2.19. The average molecular weight is 297 g/mol. The quantitative estimate of drug-likeness (QED) is 0.856. The van der Waals surface area contributed by atoms with E-state index >= 15 is 0 Å². The maximum atomic E-state index is 13.6. The Labute approximate surface area is 119 Å². The molecule has 7 heteroatoms. The molecule has 1 aromatic heterocycles. The van der Waals surface area contributed by atoms with E-state index in [2.05, 4.69) is 15.3 Å². The monoisotopic (exact) mass is 297 g/mol. The van der Waals surface area contributed by atoms with E-state index in [0.717, 1.165) is 12.1 Å². The van der Waals surface area contributed by atoms with Gasteiger partial charge >= 0.3 is 0 Å². The molecule has 1 aromatic carbocycles. The van der Waals surface area contributed by atoms with Crippen molar-refractivity contribution in [1.29, 1.82) is 0 Å². The molecule has 0 bridgehead atoms. The van der Waals surface area contributed by atoms with Crippen LogP contribution in [0.1, 0.15) is 30.0 Å². The van der Waals surface area contributed by atoms with Gasteiger partial charge < -0.3 is 10.3 Å². The van der Waals surface area contributed by atoms with Crippen LogP contribution in [0.2, 0.25) is 0 Å². The van der Waals surface area contributed by atoms with Crippen molar-refractivity contribution in [3.63, 3.8) is 0 Å². The number of anilines is 1. The predicted octanol–water partition coefficient (Wildman–Crippen LogP) is 2.98. The first-order valence-electron chi connectivity index (χ1n) is 6.28. The van der Waals surface area contributed by atoms with Crippen LogP contribution in [0.3, 0.4) is 0 Å². The van der Waals surface area contributed by atoms with Gasteiger partial charge in [0.2, 0.25) is 0 Å². The smallest absolute Gasteiger partial charge is 0.256 e. The van der Waals surface area contributed by atoms with Gasteiger partial charge in [0.25, 0.3) is 5.56 Å². The summed E-state index contributed by atoms with van der Waals surface area (Å²) in [7, 11) is 0. The number of aromatic nitrogens is 2. The van der Waals surface area contributed by atoms with Crippen LogP contribution in [0.4, 0.5) is 18.9 Å². The molecule has 2 N–H and O–H groups in total. The molecule has 0 amide bonds. The highest BCUT2D eigenvalue weighted by molar-refractivity contribution is 5.47. The second kappa shape index (κ2) is 5.59. The minimum absolute atomic E-state index is 0.222. The lowest BCUT2D eigenvalue weighted by Crippen LogP contribution is -2.23. The van der Waals surface area contributed by atoms with Crippen molar-refractivity contribution in [1.82, 2.24) is 9.97 Å². The van der Waals surface area contributed by atoms with Crippen molar-refractivity contribution in [2.75, 3.05) is 5.32 Å². The number of hydrogen-bond donors (Lipinski definition) is 2. The van der Waals surface area contributed by atoms with Gasteiger partial charge in [-0.05, 0) is 32.9 Å². The fourth-order valence-electron chi connectivity index (χ4n) is 2.19. The molecule has 0 saturated carbocycles. The number of aromatic amines is 1. The van der Waals surface area contributed by atoms with Gasteiger partial charge in [-0.15, -0.1) is 0 Å². The van der Waals surface area contributed by atoms with Gasteiger partial charge in [-0.25, -0.2) is 18.2 Å². The molecule has 4 nitrogen and oxygen atoms in total. The topological polar surface area (TPSA) is 57.8 Å². The standard InChI is InChI=1S/C14H14F3N3O/c1-6-11(14(21)20-8(3)18-6)7(2)19-10-5-4-9(15)12(16)13(10)17/h4-5,7,19H,1-3H3,(H,18,20,21). The number of H-pyrrole nitrogens is 1. The van der Waals surface area contributed by atoms with Crippen molar-refractivity contribution in [3.05, 3.63) is 57.0 Å². The van der Waals surface area contributed by atoms with Gasteiger partial charge in [0.15, 0.2) is 17.5 Å². The Balaban J connectivity index is 2.37. The molecule has 1 unspecified atom stereocenters. The Bertz CT molecular complexity index is 743. The van der Waals surface area contributed by atoms with Crippen LogP contribution in [-0.4, -0.2) is 9.97 Å². The van der Waals surface area contributed by atoms with Crippen molar-refractivity contribution in [2.24, 2.45) is 0 Å². The fraction of sp³-hybridized carbons (Fsp3) is 0.286. The number of aryl methyl sites for hydroxylation is 2. The van der Waals surface area contributed by atoms with E-state index in [1.807, 2.05) is 0 Å². The number of nitrogens with zero attached hydrogens (tertiary/aromatic N) is 1. The van der Waals surface area contributed by atoms with Gasteiger partial charge in [-0.1, -0.05) is 0 Å². The Morgan fingerprint density at radius 1 is 1.19 bits per heavy atom. The van der Waals surface area contributed by atoms with Crippen LogP contribution in [0.25, 0.3) is 0 Å². The predicted molar refractivity (Wildman–Crippen MR) is 72.7 cm³/mol. The van der Waals surface area contributed by atoms with Crippen molar-refractivity contribution >= 4 is 5.69 Å². The van der Waals surface area contributed by atoms with E-state index in [-0.39, 0.29) is 11.2 Å². The summed E-state index contributed by atoms with van der Waals surface area (Å²) in [4.78, 5) is 18.6. The lowest BCUT2D eigenvalue weighted by atomic mass is 10.1. The zero-order valence-electron chi connectivity index (χ0n) is 11.7. The highest BCUT2D eigenvalue weighted by Gasteiger charge is 2.18. The normalized spacial score (nSPS) is 12.3. The summed E-state index contributed by atoms with van der Waals surface area (Å²) in [6.07, 6.45) is 0. The Morgan fingerprint density at radius 2 is 1.86 bits per heavy atom. The van der Waals surface area contributed by atoms with E-state index in [9.17, 15) is 18.0 Å². The Morgan fingerprint density at radius 3 is 2.48 bits per heavy atom. The van der Waals surface area contributed by atoms with Gasteiger partial charge in [0, 0.05) is 0 Å². The molecule has 112 valence electrons. The average Bonchev–Trinajstić information content (AvgIpc) is 2.38. The van der Waals surface area contributed by atoms with Crippen LogP contribution in [0, 0.1) is 31.3 Å². The molecule has 0 aliphatic heterocycles. The molecular weight excluding hydrogens is 283 g/mol. The van der Waals surface area contributed by atoms with Crippen molar-refractivity contribution in [2.45, 2.75) is 26.8 Å². The summed E-state index contributed by atoms with van der Waals surface area (Å²) < 4.78 is 39.7. The zero-order valence-corrected chi connectivity index (χ0v) is 11.7. The molecule has 21 heavy (non-hydrogen) atoms. The molecule has 0 aliphatic carbocycles. The minimum Gasteiger partial charge on any atom is -0.376 e. The second-order valence-electron chi connectivity index (χ2n) is 4.74. The Hall–Kier alpha value is -2.31. The Kier molecular flexibility index (Phi) is 4.02. The maximum absolute atomic E-state index is 13.6. The highest BCUT2D eigenvalue weighted by Crippen LogP contribution is 2.24. The molecule has 0 spiro atoms. The lowest BCUT2D eigenvalue weighted by molar-refractivity contribution is 0.448. The summed E-state index contributed by atoms with van der Waals surface area (Å²) in [6.45, 7) is 4.90. The number of nitrogens with one attached hydrogen (secondary N) is 2. The molecule has 2 rings (SSSR count). The van der Waals surface area contributed by atoms with Crippen LogP contribution in [-0.2, 0) is 0 Å². The van der Waals surface area contributed by atoms with Crippen molar-refractivity contribution in [3.8, 4) is 0 Å². The zero-order chi connectivity index (χ0) is 15.7. The highest BCUT2D eigenvalue weighted by atomic mass is 19.2. The van der Waals surface area contributed by atoms with Crippen LogP contribution >= 0.6 is 0 Å². The van der Waals surface area contributed by atoms with E-state index in [1.165, 1.54) is 0 Å². The third-order valence-electron chi connectivity index (χ3n) is 3.10. The SMILES string of the molecule is Cc1nc(C)c(C(C)Nc2ccc(F)c(F)c2F)c(=O)[nH]1. The number of hydrogen-bond acceptors (Lipinski definition) is 3. The minimum atomic E-state index is -1.56. The molecule has 0 fully saturated rings. The first-order valence-corrected chi connectivity index (χ1v) is 6.28. The first-order chi connectivity index (χ1) is 9.81. The lowest BCUT2D eigenvalue weighted by Gasteiger charge is -2.17. The molecule has 1 heterocycles. The van der Waals surface area contributed by atoms with Gasteiger partial charge in [-0.3, -0.25) is 4.79 Å². The summed E-state index contributed by atoms with van der Waals surface area (Å²) in [5, 5.41) is 2.65.